The van der Waals surface area contributed by atoms with Crippen LogP contribution in [0, 0.1) is 0 Å². The Bertz CT molecular complexity index is 609. The molecule has 0 aliphatic rings. The molecule has 21 heavy (non-hydrogen) atoms. The first-order valence-electron chi connectivity index (χ1n) is 6.11. The topological polar surface area (TPSA) is 47.6 Å². The molecule has 0 atom stereocenters. The fourth-order valence-electron chi connectivity index (χ4n) is 1.70. The van der Waals surface area contributed by atoms with Crippen LogP contribution in [-0.4, -0.2) is 13.0 Å². The van der Waals surface area contributed by atoms with Gasteiger partial charge in [0.05, 0.1) is 23.8 Å². The number of hydrogen-bond acceptors (Lipinski definition) is 3. The van der Waals surface area contributed by atoms with Crippen molar-refractivity contribution in [2.75, 3.05) is 7.11 Å². The van der Waals surface area contributed by atoms with E-state index in [1.807, 2.05) is 30.3 Å². The lowest BCUT2D eigenvalue weighted by Gasteiger charge is -2.09. The molecule has 0 unspecified atom stereocenters. The summed E-state index contributed by atoms with van der Waals surface area (Å²) < 4.78 is 5.02. The number of hydroxylamine groups is 1. The highest BCUT2D eigenvalue weighted by Crippen LogP contribution is 2.33. The van der Waals surface area contributed by atoms with Crippen molar-refractivity contribution < 1.29 is 14.4 Å². The Morgan fingerprint density at radius 1 is 1.14 bits per heavy atom. The number of nitrogens with one attached hydrogen (secondary N) is 1. The highest BCUT2D eigenvalue weighted by molar-refractivity contribution is 6.37. The minimum Gasteiger partial charge on any atom is -0.494 e. The fourth-order valence-corrected chi connectivity index (χ4v) is 2.35. The molecule has 1 amide bonds. The van der Waals surface area contributed by atoms with E-state index in [2.05, 4.69) is 5.48 Å². The lowest BCUT2D eigenvalue weighted by Crippen LogP contribution is -2.23. The zero-order valence-corrected chi connectivity index (χ0v) is 12.7. The molecule has 0 heterocycles. The molecule has 0 saturated carbocycles. The third kappa shape index (κ3) is 4.11. The van der Waals surface area contributed by atoms with Gasteiger partial charge in [-0.15, -0.1) is 0 Å². The van der Waals surface area contributed by atoms with Gasteiger partial charge in [-0.05, 0) is 17.7 Å². The Labute approximate surface area is 132 Å². The van der Waals surface area contributed by atoms with Gasteiger partial charge in [-0.2, -0.15) is 0 Å². The number of hydrogen-bond donors (Lipinski definition) is 1. The summed E-state index contributed by atoms with van der Waals surface area (Å²) >= 11 is 12.0. The summed E-state index contributed by atoms with van der Waals surface area (Å²) in [6.07, 6.45) is 0. The van der Waals surface area contributed by atoms with Gasteiger partial charge in [0, 0.05) is 5.56 Å². The van der Waals surface area contributed by atoms with Gasteiger partial charge in [0.25, 0.3) is 5.91 Å². The molecule has 0 radical (unpaired) electrons. The van der Waals surface area contributed by atoms with E-state index in [1.165, 1.54) is 19.2 Å². The van der Waals surface area contributed by atoms with Gasteiger partial charge >= 0.3 is 0 Å². The molecule has 2 aromatic carbocycles. The number of halogens is 2. The molecular weight excluding hydrogens is 313 g/mol. The summed E-state index contributed by atoms with van der Waals surface area (Å²) in [6.45, 7) is 0.268. The number of methoxy groups -OCH3 is 1. The molecule has 110 valence electrons. The van der Waals surface area contributed by atoms with Crippen LogP contribution in [0.15, 0.2) is 42.5 Å². The zero-order chi connectivity index (χ0) is 15.2. The van der Waals surface area contributed by atoms with E-state index in [1.54, 1.807) is 0 Å². The fraction of sp³-hybridized carbons (Fsp3) is 0.133. The number of benzene rings is 2. The number of rotatable bonds is 5. The number of carbonyl (C=O) groups excluding carboxylic acids is 1. The van der Waals surface area contributed by atoms with Gasteiger partial charge < -0.3 is 4.74 Å². The number of carbonyl (C=O) groups is 1. The van der Waals surface area contributed by atoms with E-state index in [-0.39, 0.29) is 16.7 Å². The standard InChI is InChI=1S/C15H13Cl2NO3/c1-20-14-12(16)7-11(8-13(14)17)15(19)18-21-9-10-5-3-2-4-6-10/h2-8H,9H2,1H3,(H,18,19). The van der Waals surface area contributed by atoms with E-state index >= 15 is 0 Å². The van der Waals surface area contributed by atoms with Crippen LogP contribution >= 0.6 is 23.2 Å². The molecule has 0 aromatic heterocycles. The maximum atomic E-state index is 11.9. The minimum absolute atomic E-state index is 0.262. The van der Waals surface area contributed by atoms with E-state index < -0.39 is 5.91 Å². The van der Waals surface area contributed by atoms with Gasteiger partial charge in [-0.3, -0.25) is 9.63 Å². The average molecular weight is 326 g/mol. The second-order valence-corrected chi connectivity index (χ2v) is 4.99. The summed E-state index contributed by atoms with van der Waals surface area (Å²) in [5, 5.41) is 0.524. The van der Waals surface area contributed by atoms with Crippen molar-refractivity contribution in [1.29, 1.82) is 0 Å². The average Bonchev–Trinajstić information content (AvgIpc) is 2.48. The van der Waals surface area contributed by atoms with Crippen molar-refractivity contribution in [3.63, 3.8) is 0 Å². The van der Waals surface area contributed by atoms with Gasteiger partial charge in [0.15, 0.2) is 5.75 Å². The normalized spacial score (nSPS) is 10.2. The molecule has 1 N–H and O–H groups in total. The van der Waals surface area contributed by atoms with Crippen LogP contribution in [-0.2, 0) is 11.4 Å². The lowest BCUT2D eigenvalue weighted by molar-refractivity contribution is 0.0233. The van der Waals surface area contributed by atoms with E-state index in [0.717, 1.165) is 5.56 Å². The summed E-state index contributed by atoms with van der Waals surface area (Å²) in [6, 6.07) is 12.4. The summed E-state index contributed by atoms with van der Waals surface area (Å²) in [5.41, 5.74) is 3.58. The van der Waals surface area contributed by atoms with Crippen LogP contribution in [0.25, 0.3) is 0 Å². The minimum atomic E-state index is -0.433. The van der Waals surface area contributed by atoms with Crippen molar-refractivity contribution >= 4 is 29.1 Å². The first kappa shape index (κ1) is 15.6. The van der Waals surface area contributed by atoms with Crippen LogP contribution in [0.4, 0.5) is 0 Å². The molecule has 6 heteroatoms. The van der Waals surface area contributed by atoms with Crippen molar-refractivity contribution in [2.24, 2.45) is 0 Å². The monoisotopic (exact) mass is 325 g/mol. The number of amides is 1. The quantitative estimate of drug-likeness (QED) is 0.849. The van der Waals surface area contributed by atoms with Crippen LogP contribution in [0.5, 0.6) is 5.75 Å². The van der Waals surface area contributed by atoms with Crippen molar-refractivity contribution in [2.45, 2.75) is 6.61 Å². The Kier molecular flexibility index (Phi) is 5.44. The first-order chi connectivity index (χ1) is 10.1. The molecular formula is C15H13Cl2NO3. The largest absolute Gasteiger partial charge is 0.494 e. The van der Waals surface area contributed by atoms with E-state index in [0.29, 0.717) is 11.3 Å². The van der Waals surface area contributed by atoms with Crippen LogP contribution in [0.1, 0.15) is 15.9 Å². The van der Waals surface area contributed by atoms with Crippen LogP contribution in [0.2, 0.25) is 10.0 Å². The van der Waals surface area contributed by atoms with Crippen LogP contribution < -0.4 is 10.2 Å². The summed E-state index contributed by atoms with van der Waals surface area (Å²) in [7, 11) is 1.45. The molecule has 4 nitrogen and oxygen atoms in total. The van der Waals surface area contributed by atoms with Crippen molar-refractivity contribution in [1.82, 2.24) is 5.48 Å². The maximum absolute atomic E-state index is 11.9. The Balaban J connectivity index is 1.98. The predicted octanol–water partition coefficient (Wildman–Crippen LogP) is 3.86. The molecule has 0 saturated heterocycles. The van der Waals surface area contributed by atoms with Crippen molar-refractivity contribution in [3.8, 4) is 5.75 Å². The Hall–Kier alpha value is -1.75. The number of ether oxygens (including phenoxy) is 1. The van der Waals surface area contributed by atoms with E-state index in [4.69, 9.17) is 32.8 Å². The van der Waals surface area contributed by atoms with Gasteiger partial charge in [0.2, 0.25) is 0 Å². The molecule has 0 bridgehead atoms. The zero-order valence-electron chi connectivity index (χ0n) is 11.2. The Morgan fingerprint density at radius 2 is 1.76 bits per heavy atom. The Morgan fingerprint density at radius 3 is 2.33 bits per heavy atom. The molecule has 2 rings (SSSR count). The molecule has 0 spiro atoms. The maximum Gasteiger partial charge on any atom is 0.274 e. The molecule has 2 aromatic rings. The highest BCUT2D eigenvalue weighted by Gasteiger charge is 2.13. The first-order valence-corrected chi connectivity index (χ1v) is 6.86. The van der Waals surface area contributed by atoms with Crippen LogP contribution in [0.3, 0.4) is 0 Å². The van der Waals surface area contributed by atoms with Gasteiger partial charge in [0.1, 0.15) is 0 Å². The third-order valence-corrected chi connectivity index (χ3v) is 3.27. The summed E-state index contributed by atoms with van der Waals surface area (Å²) in [5.74, 6) is -0.0996. The predicted molar refractivity (Wildman–Crippen MR) is 81.7 cm³/mol. The second-order valence-electron chi connectivity index (χ2n) is 4.18. The van der Waals surface area contributed by atoms with Gasteiger partial charge in [-0.25, -0.2) is 5.48 Å². The molecule has 0 aliphatic carbocycles. The second kappa shape index (κ2) is 7.31. The smallest absolute Gasteiger partial charge is 0.274 e. The lowest BCUT2D eigenvalue weighted by atomic mass is 10.2. The summed E-state index contributed by atoms with van der Waals surface area (Å²) in [4.78, 5) is 17.1. The van der Waals surface area contributed by atoms with Crippen molar-refractivity contribution in [3.05, 3.63) is 63.6 Å². The SMILES string of the molecule is COc1c(Cl)cc(C(=O)NOCc2ccccc2)cc1Cl. The highest BCUT2D eigenvalue weighted by atomic mass is 35.5. The molecule has 0 aliphatic heterocycles. The molecule has 0 fully saturated rings. The van der Waals surface area contributed by atoms with E-state index in [9.17, 15) is 4.79 Å². The third-order valence-electron chi connectivity index (χ3n) is 2.71. The van der Waals surface area contributed by atoms with Gasteiger partial charge in [-0.1, -0.05) is 53.5 Å².